The van der Waals surface area contributed by atoms with E-state index in [0.717, 1.165) is 12.3 Å². The SMILES string of the molecule is OB(O)c1ccnc(C(F)(F)F)c1Br. The molecule has 0 fully saturated rings. The second-order valence-electron chi connectivity index (χ2n) is 2.43. The summed E-state index contributed by atoms with van der Waals surface area (Å²) in [5.74, 6) is 0. The fraction of sp³-hybridized carbons (Fsp3) is 0.167. The van der Waals surface area contributed by atoms with Crippen molar-refractivity contribution in [3.05, 3.63) is 22.4 Å². The average molecular weight is 270 g/mol. The van der Waals surface area contributed by atoms with E-state index in [9.17, 15) is 13.2 Å². The van der Waals surface area contributed by atoms with Crippen LogP contribution in [0.3, 0.4) is 0 Å². The van der Waals surface area contributed by atoms with Gasteiger partial charge in [0.05, 0.1) is 0 Å². The van der Waals surface area contributed by atoms with Gasteiger partial charge in [0, 0.05) is 10.7 Å². The highest BCUT2D eigenvalue weighted by atomic mass is 79.9. The standard InChI is InChI=1S/C6H4BBrF3NO2/c8-4-3(7(13)14)1-2-12-5(4)6(9,10)11/h1-2,13-14H. The van der Waals surface area contributed by atoms with Gasteiger partial charge >= 0.3 is 13.3 Å². The van der Waals surface area contributed by atoms with Crippen LogP contribution in [0.4, 0.5) is 13.2 Å². The number of rotatable bonds is 1. The molecule has 14 heavy (non-hydrogen) atoms. The highest BCUT2D eigenvalue weighted by Gasteiger charge is 2.36. The first kappa shape index (κ1) is 11.5. The van der Waals surface area contributed by atoms with Crippen molar-refractivity contribution in [2.45, 2.75) is 6.18 Å². The Labute approximate surface area is 85.9 Å². The Hall–Kier alpha value is -0.595. The molecule has 0 saturated heterocycles. The summed E-state index contributed by atoms with van der Waals surface area (Å²) < 4.78 is 36.3. The molecule has 0 aliphatic rings. The van der Waals surface area contributed by atoms with E-state index in [-0.39, 0.29) is 5.46 Å². The third kappa shape index (κ3) is 2.25. The Bertz CT molecular complexity index is 344. The first-order valence-corrected chi connectivity index (χ1v) is 4.21. The van der Waals surface area contributed by atoms with Crippen LogP contribution in [0.2, 0.25) is 0 Å². The molecule has 2 N–H and O–H groups in total. The van der Waals surface area contributed by atoms with Crippen LogP contribution >= 0.6 is 15.9 Å². The molecule has 0 amide bonds. The van der Waals surface area contributed by atoms with Crippen LogP contribution in [-0.4, -0.2) is 22.2 Å². The van der Waals surface area contributed by atoms with Gasteiger partial charge in [0.25, 0.3) is 0 Å². The molecule has 1 aromatic rings. The lowest BCUT2D eigenvalue weighted by Crippen LogP contribution is -2.33. The number of alkyl halides is 3. The largest absolute Gasteiger partial charge is 0.489 e. The summed E-state index contributed by atoms with van der Waals surface area (Å²) in [7, 11) is -1.96. The fourth-order valence-corrected chi connectivity index (χ4v) is 1.52. The summed E-state index contributed by atoms with van der Waals surface area (Å²) in [5.41, 5.74) is -1.45. The van der Waals surface area contributed by atoms with E-state index >= 15 is 0 Å². The Morgan fingerprint density at radius 1 is 1.36 bits per heavy atom. The van der Waals surface area contributed by atoms with E-state index in [2.05, 4.69) is 20.9 Å². The van der Waals surface area contributed by atoms with Crippen LogP contribution < -0.4 is 5.46 Å². The first-order chi connectivity index (χ1) is 6.34. The van der Waals surface area contributed by atoms with Crippen molar-refractivity contribution in [2.24, 2.45) is 0 Å². The lowest BCUT2D eigenvalue weighted by Gasteiger charge is -2.10. The van der Waals surface area contributed by atoms with Crippen LogP contribution in [0.5, 0.6) is 0 Å². The number of aromatic nitrogens is 1. The molecular weight excluding hydrogens is 266 g/mol. The van der Waals surface area contributed by atoms with Gasteiger partial charge in [0.1, 0.15) is 0 Å². The number of pyridine rings is 1. The number of nitrogens with zero attached hydrogens (tertiary/aromatic N) is 1. The molecule has 0 aromatic carbocycles. The summed E-state index contributed by atoms with van der Waals surface area (Å²) in [6.07, 6.45) is -3.76. The van der Waals surface area contributed by atoms with Gasteiger partial charge in [-0.2, -0.15) is 13.2 Å². The van der Waals surface area contributed by atoms with Crippen molar-refractivity contribution in [3.63, 3.8) is 0 Å². The Morgan fingerprint density at radius 3 is 2.36 bits per heavy atom. The molecule has 1 rings (SSSR count). The van der Waals surface area contributed by atoms with Crippen molar-refractivity contribution in [1.82, 2.24) is 4.98 Å². The smallest absolute Gasteiger partial charge is 0.423 e. The molecule has 3 nitrogen and oxygen atoms in total. The second-order valence-corrected chi connectivity index (χ2v) is 3.23. The molecule has 0 unspecified atom stereocenters. The maximum atomic E-state index is 12.2. The number of halogens is 4. The summed E-state index contributed by atoms with van der Waals surface area (Å²) in [5, 5.41) is 17.5. The Kier molecular flexibility index (Phi) is 3.18. The van der Waals surface area contributed by atoms with Gasteiger partial charge in [0.15, 0.2) is 5.69 Å². The zero-order valence-electron chi connectivity index (χ0n) is 6.59. The molecule has 1 heterocycles. The summed E-state index contributed by atoms with van der Waals surface area (Å²) in [6.45, 7) is 0. The van der Waals surface area contributed by atoms with Gasteiger partial charge < -0.3 is 10.0 Å². The minimum Gasteiger partial charge on any atom is -0.423 e. The van der Waals surface area contributed by atoms with Crippen LogP contribution in [0, 0.1) is 0 Å². The molecule has 0 aliphatic carbocycles. The molecule has 0 atom stereocenters. The van der Waals surface area contributed by atoms with Crippen LogP contribution in [-0.2, 0) is 6.18 Å². The van der Waals surface area contributed by atoms with Crippen molar-refractivity contribution < 1.29 is 23.2 Å². The van der Waals surface area contributed by atoms with Gasteiger partial charge in [0.2, 0.25) is 0 Å². The zero-order chi connectivity index (χ0) is 10.9. The lowest BCUT2D eigenvalue weighted by molar-refractivity contribution is -0.141. The molecule has 0 spiro atoms. The van der Waals surface area contributed by atoms with E-state index in [1.807, 2.05) is 0 Å². The molecule has 0 bridgehead atoms. The molecular formula is C6H4BBrF3NO2. The maximum Gasteiger partial charge on any atom is 0.489 e. The van der Waals surface area contributed by atoms with E-state index in [4.69, 9.17) is 10.0 Å². The van der Waals surface area contributed by atoms with Gasteiger partial charge in [-0.1, -0.05) is 0 Å². The maximum absolute atomic E-state index is 12.2. The van der Waals surface area contributed by atoms with Gasteiger partial charge in [-0.15, -0.1) is 0 Å². The predicted molar refractivity (Wildman–Crippen MR) is 46.8 cm³/mol. The van der Waals surface area contributed by atoms with Crippen LogP contribution in [0.15, 0.2) is 16.7 Å². The van der Waals surface area contributed by atoms with E-state index < -0.39 is 23.5 Å². The fourth-order valence-electron chi connectivity index (χ4n) is 0.856. The van der Waals surface area contributed by atoms with Crippen molar-refractivity contribution in [1.29, 1.82) is 0 Å². The second kappa shape index (κ2) is 3.88. The molecule has 1 aromatic heterocycles. The summed E-state index contributed by atoms with van der Waals surface area (Å²) >= 11 is 2.62. The van der Waals surface area contributed by atoms with Gasteiger partial charge in [-0.25, -0.2) is 0 Å². The molecule has 0 saturated carbocycles. The minimum absolute atomic E-state index is 0.271. The molecule has 76 valence electrons. The third-order valence-electron chi connectivity index (χ3n) is 1.47. The first-order valence-electron chi connectivity index (χ1n) is 3.41. The van der Waals surface area contributed by atoms with Gasteiger partial charge in [-0.3, -0.25) is 4.98 Å². The quantitative estimate of drug-likeness (QED) is 0.732. The van der Waals surface area contributed by atoms with Crippen LogP contribution in [0.1, 0.15) is 5.69 Å². The highest BCUT2D eigenvalue weighted by molar-refractivity contribution is 9.10. The molecule has 8 heteroatoms. The summed E-state index contributed by atoms with van der Waals surface area (Å²) in [4.78, 5) is 3.10. The van der Waals surface area contributed by atoms with Crippen molar-refractivity contribution in [3.8, 4) is 0 Å². The van der Waals surface area contributed by atoms with Crippen LogP contribution in [0.25, 0.3) is 0 Å². The Morgan fingerprint density at radius 2 is 1.93 bits per heavy atom. The number of hydrogen-bond acceptors (Lipinski definition) is 3. The van der Waals surface area contributed by atoms with E-state index in [1.54, 1.807) is 0 Å². The minimum atomic E-state index is -4.62. The molecule has 0 radical (unpaired) electrons. The zero-order valence-corrected chi connectivity index (χ0v) is 8.17. The third-order valence-corrected chi connectivity index (χ3v) is 2.30. The normalized spacial score (nSPS) is 11.6. The van der Waals surface area contributed by atoms with E-state index in [1.165, 1.54) is 0 Å². The average Bonchev–Trinajstić information content (AvgIpc) is 2.01. The highest BCUT2D eigenvalue weighted by Crippen LogP contribution is 2.31. The molecule has 0 aliphatic heterocycles. The van der Waals surface area contributed by atoms with Gasteiger partial charge in [-0.05, 0) is 27.5 Å². The van der Waals surface area contributed by atoms with Crippen molar-refractivity contribution in [2.75, 3.05) is 0 Å². The Balaban J connectivity index is 3.28. The topological polar surface area (TPSA) is 53.4 Å². The summed E-state index contributed by atoms with van der Waals surface area (Å²) in [6, 6.07) is 1.09. The monoisotopic (exact) mass is 269 g/mol. The number of hydrogen-bond donors (Lipinski definition) is 2. The predicted octanol–water partition coefficient (Wildman–Crippen LogP) is 0.543. The van der Waals surface area contributed by atoms with E-state index in [0.29, 0.717) is 0 Å². The lowest BCUT2D eigenvalue weighted by atomic mass is 9.80. The van der Waals surface area contributed by atoms with Crippen molar-refractivity contribution >= 4 is 28.5 Å².